The average molecular weight is 162 g/mol. The third-order valence-corrected chi connectivity index (χ3v) is 2.00. The maximum Gasteiger partial charge on any atom is 0.182 e. The summed E-state index contributed by atoms with van der Waals surface area (Å²) in [7, 11) is 0. The summed E-state index contributed by atoms with van der Waals surface area (Å²) in [4.78, 5) is 8.33. The van der Waals surface area contributed by atoms with E-state index in [2.05, 4.69) is 16.9 Å². The van der Waals surface area contributed by atoms with Gasteiger partial charge in [-0.2, -0.15) is 0 Å². The monoisotopic (exact) mass is 162 g/mol. The Labute approximate surface area is 70.4 Å². The molecule has 0 N–H and O–H groups in total. The summed E-state index contributed by atoms with van der Waals surface area (Å²) in [6.45, 7) is 4.01. The largest absolute Gasteiger partial charge is 0.443 e. The molecule has 0 spiro atoms. The van der Waals surface area contributed by atoms with Crippen molar-refractivity contribution in [3.8, 4) is 0 Å². The number of hydrogen-bond donors (Lipinski definition) is 0. The minimum absolute atomic E-state index is 0.880. The van der Waals surface area contributed by atoms with Crippen LogP contribution < -0.4 is 0 Å². The fourth-order valence-electron chi connectivity index (χ4n) is 1.28. The molecule has 0 aliphatic heterocycles. The van der Waals surface area contributed by atoms with Gasteiger partial charge in [0.25, 0.3) is 0 Å². The Kier molecular flexibility index (Phi) is 1.57. The Balaban J connectivity index is 2.82. The normalized spacial score (nSPS) is 10.8. The number of aryl methyl sites for hydroxylation is 2. The first-order chi connectivity index (χ1) is 5.83. The van der Waals surface area contributed by atoms with Crippen molar-refractivity contribution < 1.29 is 4.42 Å². The van der Waals surface area contributed by atoms with E-state index in [-0.39, 0.29) is 0 Å². The smallest absolute Gasteiger partial charge is 0.182 e. The van der Waals surface area contributed by atoms with E-state index in [0.717, 1.165) is 28.8 Å². The van der Waals surface area contributed by atoms with Crippen LogP contribution in [0.3, 0.4) is 0 Å². The lowest BCUT2D eigenvalue weighted by molar-refractivity contribution is 0.598. The predicted octanol–water partition coefficient (Wildman–Crippen LogP) is 2.09. The van der Waals surface area contributed by atoms with Crippen LogP contribution in [0.4, 0.5) is 0 Å². The van der Waals surface area contributed by atoms with Crippen LogP contribution in [0.1, 0.15) is 18.2 Å². The highest BCUT2D eigenvalue weighted by Gasteiger charge is 2.06. The maximum atomic E-state index is 5.27. The molecule has 0 atom stereocenters. The lowest BCUT2D eigenvalue weighted by Crippen LogP contribution is -1.88. The molecule has 0 aliphatic carbocycles. The standard InChI is InChI=1S/C9H10N2O/c1-3-7-4-10-6(2)8-9(7)12-5-11-8/h4-5H,3H2,1-2H3. The van der Waals surface area contributed by atoms with E-state index in [4.69, 9.17) is 4.42 Å². The van der Waals surface area contributed by atoms with Crippen molar-refractivity contribution in [1.29, 1.82) is 0 Å². The van der Waals surface area contributed by atoms with Crippen molar-refractivity contribution in [2.75, 3.05) is 0 Å². The van der Waals surface area contributed by atoms with Gasteiger partial charge in [0.05, 0.1) is 5.69 Å². The molecule has 0 fully saturated rings. The Morgan fingerprint density at radius 1 is 1.42 bits per heavy atom. The van der Waals surface area contributed by atoms with Gasteiger partial charge in [-0.1, -0.05) is 6.92 Å². The second kappa shape index (κ2) is 2.59. The maximum absolute atomic E-state index is 5.27. The van der Waals surface area contributed by atoms with Crippen molar-refractivity contribution in [2.24, 2.45) is 0 Å². The molecule has 0 saturated heterocycles. The number of fused-ring (bicyclic) bond motifs is 1. The van der Waals surface area contributed by atoms with Gasteiger partial charge in [-0.25, -0.2) is 4.98 Å². The molecule has 0 aromatic carbocycles. The summed E-state index contributed by atoms with van der Waals surface area (Å²) < 4.78 is 5.27. The van der Waals surface area contributed by atoms with Gasteiger partial charge >= 0.3 is 0 Å². The van der Waals surface area contributed by atoms with Crippen LogP contribution in [-0.4, -0.2) is 9.97 Å². The summed E-state index contributed by atoms with van der Waals surface area (Å²) in [5.74, 6) is 0. The number of aromatic nitrogens is 2. The number of hydrogen-bond acceptors (Lipinski definition) is 3. The third-order valence-electron chi connectivity index (χ3n) is 2.00. The van der Waals surface area contributed by atoms with E-state index < -0.39 is 0 Å². The van der Waals surface area contributed by atoms with Crippen LogP contribution >= 0.6 is 0 Å². The Bertz CT molecular complexity index is 406. The van der Waals surface area contributed by atoms with Gasteiger partial charge < -0.3 is 4.42 Å². The van der Waals surface area contributed by atoms with Crippen molar-refractivity contribution >= 4 is 11.1 Å². The molecule has 0 amide bonds. The lowest BCUT2D eigenvalue weighted by Gasteiger charge is -1.97. The van der Waals surface area contributed by atoms with Gasteiger partial charge in [-0.15, -0.1) is 0 Å². The summed E-state index contributed by atoms with van der Waals surface area (Å²) >= 11 is 0. The first-order valence-electron chi connectivity index (χ1n) is 4.00. The molecule has 2 rings (SSSR count). The van der Waals surface area contributed by atoms with Crippen LogP contribution in [0, 0.1) is 6.92 Å². The predicted molar refractivity (Wildman–Crippen MR) is 45.9 cm³/mol. The van der Waals surface area contributed by atoms with Gasteiger partial charge in [-0.05, 0) is 13.3 Å². The Morgan fingerprint density at radius 3 is 3.00 bits per heavy atom. The van der Waals surface area contributed by atoms with Crippen LogP contribution in [0.5, 0.6) is 0 Å². The zero-order chi connectivity index (χ0) is 8.55. The van der Waals surface area contributed by atoms with Gasteiger partial charge in [0.1, 0.15) is 5.52 Å². The zero-order valence-electron chi connectivity index (χ0n) is 7.16. The lowest BCUT2D eigenvalue weighted by atomic mass is 10.2. The van der Waals surface area contributed by atoms with E-state index in [1.165, 1.54) is 6.39 Å². The number of nitrogens with zero attached hydrogens (tertiary/aromatic N) is 2. The molecule has 0 unspecified atom stereocenters. The highest BCUT2D eigenvalue weighted by atomic mass is 16.3. The summed E-state index contributed by atoms with van der Waals surface area (Å²) in [5, 5.41) is 0. The van der Waals surface area contributed by atoms with E-state index in [1.807, 2.05) is 13.1 Å². The summed E-state index contributed by atoms with van der Waals surface area (Å²) in [6, 6.07) is 0. The van der Waals surface area contributed by atoms with Crippen molar-refractivity contribution in [3.63, 3.8) is 0 Å². The first-order valence-corrected chi connectivity index (χ1v) is 4.00. The Hall–Kier alpha value is -1.38. The molecule has 2 heterocycles. The highest BCUT2D eigenvalue weighted by molar-refractivity contribution is 5.77. The second-order valence-electron chi connectivity index (χ2n) is 2.75. The molecule has 0 saturated carbocycles. The number of rotatable bonds is 1. The third kappa shape index (κ3) is 0.897. The van der Waals surface area contributed by atoms with Gasteiger partial charge in [0.2, 0.25) is 0 Å². The quantitative estimate of drug-likeness (QED) is 0.644. The fraction of sp³-hybridized carbons (Fsp3) is 0.333. The number of pyridine rings is 1. The molecule has 0 bridgehead atoms. The minimum atomic E-state index is 0.880. The van der Waals surface area contributed by atoms with E-state index in [9.17, 15) is 0 Å². The van der Waals surface area contributed by atoms with Crippen LogP contribution in [0.25, 0.3) is 11.1 Å². The summed E-state index contributed by atoms with van der Waals surface area (Å²) in [5.41, 5.74) is 3.81. The van der Waals surface area contributed by atoms with Crippen molar-refractivity contribution in [3.05, 3.63) is 23.8 Å². The molecule has 2 aromatic rings. The van der Waals surface area contributed by atoms with E-state index in [0.29, 0.717) is 0 Å². The Morgan fingerprint density at radius 2 is 2.25 bits per heavy atom. The number of oxazole rings is 1. The molecule has 3 nitrogen and oxygen atoms in total. The molecule has 62 valence electrons. The van der Waals surface area contributed by atoms with Crippen LogP contribution in [0.15, 0.2) is 17.0 Å². The molecule has 0 radical (unpaired) electrons. The molecule has 2 aromatic heterocycles. The van der Waals surface area contributed by atoms with Gasteiger partial charge in [0.15, 0.2) is 12.0 Å². The average Bonchev–Trinajstić information content (AvgIpc) is 2.54. The SMILES string of the molecule is CCc1cnc(C)c2ncoc12. The van der Waals surface area contributed by atoms with Gasteiger partial charge in [0, 0.05) is 11.8 Å². The minimum Gasteiger partial charge on any atom is -0.443 e. The first kappa shape index (κ1) is 7.28. The highest BCUT2D eigenvalue weighted by Crippen LogP contribution is 2.19. The van der Waals surface area contributed by atoms with E-state index in [1.54, 1.807) is 0 Å². The van der Waals surface area contributed by atoms with Crippen LogP contribution in [0.2, 0.25) is 0 Å². The van der Waals surface area contributed by atoms with Crippen molar-refractivity contribution in [2.45, 2.75) is 20.3 Å². The fourth-order valence-corrected chi connectivity index (χ4v) is 1.28. The van der Waals surface area contributed by atoms with Crippen LogP contribution in [-0.2, 0) is 6.42 Å². The molecular formula is C9H10N2O. The molecule has 12 heavy (non-hydrogen) atoms. The molecular weight excluding hydrogens is 152 g/mol. The topological polar surface area (TPSA) is 38.9 Å². The van der Waals surface area contributed by atoms with Crippen molar-refractivity contribution in [1.82, 2.24) is 9.97 Å². The molecule has 0 aliphatic rings. The second-order valence-corrected chi connectivity index (χ2v) is 2.75. The summed E-state index contributed by atoms with van der Waals surface area (Å²) in [6.07, 6.45) is 4.25. The molecule has 3 heteroatoms. The van der Waals surface area contributed by atoms with E-state index >= 15 is 0 Å². The zero-order valence-corrected chi connectivity index (χ0v) is 7.16. The van der Waals surface area contributed by atoms with Gasteiger partial charge in [-0.3, -0.25) is 4.98 Å².